The molecule has 1 aliphatic rings. The largest absolute Gasteiger partial charge is 0.452 e. The Morgan fingerprint density at radius 1 is 1.26 bits per heavy atom. The van der Waals surface area contributed by atoms with Crippen LogP contribution >= 0.6 is 11.8 Å². The number of thioether (sulfide) groups is 1. The molecule has 0 saturated carbocycles. The highest BCUT2D eigenvalue weighted by Crippen LogP contribution is 2.31. The summed E-state index contributed by atoms with van der Waals surface area (Å²) in [6.07, 6.45) is 4.76. The van der Waals surface area contributed by atoms with Gasteiger partial charge < -0.3 is 10.1 Å². The van der Waals surface area contributed by atoms with E-state index in [-0.39, 0.29) is 23.6 Å². The van der Waals surface area contributed by atoms with Gasteiger partial charge in [-0.25, -0.2) is 4.79 Å². The number of imide groups is 1. The first-order valence-corrected chi connectivity index (χ1v) is 9.89. The molecule has 10 heteroatoms. The number of nitriles is 1. The number of amides is 3. The van der Waals surface area contributed by atoms with Crippen molar-refractivity contribution in [2.24, 2.45) is 0 Å². The number of ether oxygens (including phenoxy) is 1. The van der Waals surface area contributed by atoms with Gasteiger partial charge in [-0.3, -0.25) is 24.3 Å². The highest BCUT2D eigenvalue weighted by molar-refractivity contribution is 8.18. The number of hydrogen-bond acceptors (Lipinski definition) is 8. The maximum absolute atomic E-state index is 12.4. The number of benzene rings is 1. The standard InChI is InChI=1S/C21H16N4O5S/c22-11-14-3-1-5-16(9-14)20(28)30-13-18(26)24-7-8-25-19(27)17(31-21(25)29)10-15-4-2-6-23-12-15/h1-6,9-10,12H,7-8,13H2,(H,24,26)/b17-10-. The summed E-state index contributed by atoms with van der Waals surface area (Å²) >= 11 is 0.816. The van der Waals surface area contributed by atoms with Crippen molar-refractivity contribution in [3.63, 3.8) is 0 Å². The highest BCUT2D eigenvalue weighted by atomic mass is 32.2. The van der Waals surface area contributed by atoms with Crippen LogP contribution in [0.2, 0.25) is 0 Å². The number of carbonyl (C=O) groups is 4. The van der Waals surface area contributed by atoms with Crippen molar-refractivity contribution in [3.8, 4) is 6.07 Å². The van der Waals surface area contributed by atoms with Crippen LogP contribution < -0.4 is 5.32 Å². The Bertz CT molecular complexity index is 1090. The average Bonchev–Trinajstić information content (AvgIpc) is 3.05. The fourth-order valence-electron chi connectivity index (χ4n) is 2.59. The molecular weight excluding hydrogens is 420 g/mol. The summed E-state index contributed by atoms with van der Waals surface area (Å²) in [5.41, 5.74) is 1.15. The lowest BCUT2D eigenvalue weighted by Gasteiger charge is -2.13. The predicted octanol–water partition coefficient (Wildman–Crippen LogP) is 1.96. The molecule has 0 unspecified atom stereocenters. The van der Waals surface area contributed by atoms with E-state index in [2.05, 4.69) is 10.3 Å². The average molecular weight is 436 g/mol. The van der Waals surface area contributed by atoms with E-state index >= 15 is 0 Å². The second kappa shape index (κ2) is 10.2. The van der Waals surface area contributed by atoms with E-state index in [4.69, 9.17) is 10.00 Å². The summed E-state index contributed by atoms with van der Waals surface area (Å²) < 4.78 is 4.91. The molecule has 0 spiro atoms. The Balaban J connectivity index is 1.45. The molecule has 3 rings (SSSR count). The molecule has 1 aromatic heterocycles. The first-order valence-electron chi connectivity index (χ1n) is 9.07. The van der Waals surface area contributed by atoms with E-state index < -0.39 is 29.6 Å². The SMILES string of the molecule is N#Cc1cccc(C(=O)OCC(=O)NCCN2C(=O)S/C(=C\c3cccnc3)C2=O)c1. The molecule has 2 heterocycles. The third kappa shape index (κ3) is 5.77. The summed E-state index contributed by atoms with van der Waals surface area (Å²) in [5, 5.41) is 10.9. The van der Waals surface area contributed by atoms with Crippen molar-refractivity contribution in [1.82, 2.24) is 15.2 Å². The minimum atomic E-state index is -0.737. The molecule has 1 N–H and O–H groups in total. The van der Waals surface area contributed by atoms with Crippen LogP contribution in [-0.4, -0.2) is 52.6 Å². The summed E-state index contributed by atoms with van der Waals surface area (Å²) in [7, 11) is 0. The lowest BCUT2D eigenvalue weighted by Crippen LogP contribution is -2.38. The molecule has 1 saturated heterocycles. The number of hydrogen-bond donors (Lipinski definition) is 1. The smallest absolute Gasteiger partial charge is 0.338 e. The molecule has 2 aromatic rings. The molecule has 1 aliphatic heterocycles. The van der Waals surface area contributed by atoms with Gasteiger partial charge in [-0.15, -0.1) is 0 Å². The van der Waals surface area contributed by atoms with E-state index in [1.54, 1.807) is 36.7 Å². The lowest BCUT2D eigenvalue weighted by molar-refractivity contribution is -0.125. The van der Waals surface area contributed by atoms with Gasteiger partial charge >= 0.3 is 5.97 Å². The van der Waals surface area contributed by atoms with Crippen LogP contribution in [0.15, 0.2) is 53.7 Å². The summed E-state index contributed by atoms with van der Waals surface area (Å²) in [5.74, 6) is -1.77. The van der Waals surface area contributed by atoms with E-state index in [1.807, 2.05) is 6.07 Å². The molecule has 1 fully saturated rings. The third-order valence-electron chi connectivity index (χ3n) is 4.08. The Labute approximate surface area is 181 Å². The number of rotatable bonds is 7. The maximum atomic E-state index is 12.4. The number of nitrogens with zero attached hydrogens (tertiary/aromatic N) is 3. The van der Waals surface area contributed by atoms with Crippen molar-refractivity contribution in [3.05, 3.63) is 70.4 Å². The van der Waals surface area contributed by atoms with Gasteiger partial charge in [-0.1, -0.05) is 12.1 Å². The predicted molar refractivity (Wildman–Crippen MR) is 111 cm³/mol. The third-order valence-corrected chi connectivity index (χ3v) is 4.98. The second-order valence-electron chi connectivity index (χ2n) is 6.24. The van der Waals surface area contributed by atoms with Gasteiger partial charge in [0.1, 0.15) is 0 Å². The Morgan fingerprint density at radius 3 is 2.84 bits per heavy atom. The van der Waals surface area contributed by atoms with Crippen LogP contribution in [0.1, 0.15) is 21.5 Å². The minimum absolute atomic E-state index is 0.0124. The van der Waals surface area contributed by atoms with Crippen molar-refractivity contribution in [2.45, 2.75) is 0 Å². The molecule has 0 radical (unpaired) electrons. The van der Waals surface area contributed by atoms with Crippen LogP contribution in [0.3, 0.4) is 0 Å². The van der Waals surface area contributed by atoms with Crippen LogP contribution in [0.5, 0.6) is 0 Å². The molecule has 9 nitrogen and oxygen atoms in total. The van der Waals surface area contributed by atoms with Gasteiger partial charge in [-0.05, 0) is 47.7 Å². The van der Waals surface area contributed by atoms with Crippen molar-refractivity contribution >= 4 is 40.9 Å². The Hall–Kier alpha value is -3.97. The van der Waals surface area contributed by atoms with Crippen LogP contribution in [-0.2, 0) is 14.3 Å². The number of nitrogens with one attached hydrogen (secondary N) is 1. The van der Waals surface area contributed by atoms with E-state index in [9.17, 15) is 19.2 Å². The first-order chi connectivity index (χ1) is 15.0. The maximum Gasteiger partial charge on any atom is 0.338 e. The van der Waals surface area contributed by atoms with E-state index in [0.29, 0.717) is 11.1 Å². The topological polar surface area (TPSA) is 129 Å². The van der Waals surface area contributed by atoms with Crippen molar-refractivity contribution < 1.29 is 23.9 Å². The number of esters is 1. The van der Waals surface area contributed by atoms with Crippen molar-refractivity contribution in [1.29, 1.82) is 5.26 Å². The first kappa shape index (κ1) is 21.7. The number of pyridine rings is 1. The molecule has 1 aromatic carbocycles. The van der Waals surface area contributed by atoms with Crippen LogP contribution in [0.25, 0.3) is 6.08 Å². The van der Waals surface area contributed by atoms with Crippen molar-refractivity contribution in [2.75, 3.05) is 19.7 Å². The van der Waals surface area contributed by atoms with Crippen LogP contribution in [0.4, 0.5) is 4.79 Å². The molecule has 31 heavy (non-hydrogen) atoms. The van der Waals surface area contributed by atoms with E-state index in [0.717, 1.165) is 16.7 Å². The number of aromatic nitrogens is 1. The zero-order valence-electron chi connectivity index (χ0n) is 16.1. The van der Waals surface area contributed by atoms with Gasteiger partial charge in [0.25, 0.3) is 17.1 Å². The summed E-state index contributed by atoms with van der Waals surface area (Å²) in [6.45, 7) is -0.532. The molecule has 156 valence electrons. The molecule has 0 bridgehead atoms. The van der Waals surface area contributed by atoms with Gasteiger partial charge in [0, 0.05) is 25.5 Å². The highest BCUT2D eigenvalue weighted by Gasteiger charge is 2.34. The lowest BCUT2D eigenvalue weighted by atomic mass is 10.1. The second-order valence-corrected chi connectivity index (χ2v) is 7.23. The summed E-state index contributed by atoms with van der Waals surface area (Å²) in [6, 6.07) is 11.3. The van der Waals surface area contributed by atoms with Gasteiger partial charge in [0.2, 0.25) is 0 Å². The zero-order chi connectivity index (χ0) is 22.2. The van der Waals surface area contributed by atoms with Crippen LogP contribution in [0, 0.1) is 11.3 Å². The molecule has 3 amide bonds. The Morgan fingerprint density at radius 2 is 2.10 bits per heavy atom. The minimum Gasteiger partial charge on any atom is -0.452 e. The van der Waals surface area contributed by atoms with E-state index in [1.165, 1.54) is 18.2 Å². The summed E-state index contributed by atoms with van der Waals surface area (Å²) in [4.78, 5) is 53.6. The van der Waals surface area contributed by atoms with Gasteiger partial charge in [-0.2, -0.15) is 5.26 Å². The molecular formula is C21H16N4O5S. The zero-order valence-corrected chi connectivity index (χ0v) is 16.9. The van der Waals surface area contributed by atoms with Gasteiger partial charge in [0.05, 0.1) is 22.1 Å². The molecule has 0 aliphatic carbocycles. The Kier molecular flexibility index (Phi) is 7.13. The quantitative estimate of drug-likeness (QED) is 0.515. The monoisotopic (exact) mass is 436 g/mol. The fourth-order valence-corrected chi connectivity index (χ4v) is 3.46. The molecule has 0 atom stereocenters. The van der Waals surface area contributed by atoms with Gasteiger partial charge in [0.15, 0.2) is 6.61 Å². The normalized spacial score (nSPS) is 14.4. The fraction of sp³-hybridized carbons (Fsp3) is 0.143. The number of carbonyl (C=O) groups excluding carboxylic acids is 4.